The second kappa shape index (κ2) is 4.65. The van der Waals surface area contributed by atoms with Crippen LogP contribution in [0.3, 0.4) is 0 Å². The summed E-state index contributed by atoms with van der Waals surface area (Å²) in [5, 5.41) is 1.86. The molecule has 0 saturated carbocycles. The van der Waals surface area contributed by atoms with Gasteiger partial charge >= 0.3 is 0 Å². The third-order valence-electron chi connectivity index (χ3n) is 4.15. The largest absolute Gasteiger partial charge is 0.273 e. The number of aliphatic imine (C=N–C) groups is 1. The molecular formula is C19H15ClN2. The number of rotatable bonds is 1. The topological polar surface area (TPSA) is 25.2 Å². The zero-order valence-corrected chi connectivity index (χ0v) is 13.2. The normalized spacial score (nSPS) is 15.7. The Kier molecular flexibility index (Phi) is 2.85. The lowest BCUT2D eigenvalue weighted by Crippen LogP contribution is -2.09. The molecule has 0 bridgehead atoms. The Morgan fingerprint density at radius 2 is 1.82 bits per heavy atom. The molecule has 0 unspecified atom stereocenters. The number of fused-ring (bicyclic) bond motifs is 2. The first-order chi connectivity index (χ1) is 10.5. The van der Waals surface area contributed by atoms with Gasteiger partial charge in [-0.1, -0.05) is 35.9 Å². The van der Waals surface area contributed by atoms with Gasteiger partial charge in [-0.05, 0) is 43.7 Å². The fourth-order valence-corrected chi connectivity index (χ4v) is 3.24. The predicted octanol–water partition coefficient (Wildman–Crippen LogP) is 4.97. The Labute approximate surface area is 134 Å². The van der Waals surface area contributed by atoms with Gasteiger partial charge in [0.05, 0.1) is 16.8 Å². The lowest BCUT2D eigenvalue weighted by molar-refractivity contribution is 0.572. The van der Waals surface area contributed by atoms with Crippen LogP contribution >= 0.6 is 11.6 Å². The molecule has 1 aliphatic heterocycles. The molecule has 0 amide bonds. The van der Waals surface area contributed by atoms with Crippen molar-refractivity contribution in [1.29, 1.82) is 0 Å². The van der Waals surface area contributed by atoms with Crippen LogP contribution < -0.4 is 0 Å². The Balaban J connectivity index is 1.94. The molecule has 2 heterocycles. The van der Waals surface area contributed by atoms with Crippen LogP contribution in [0.1, 0.15) is 30.5 Å². The molecule has 3 heteroatoms. The van der Waals surface area contributed by atoms with Gasteiger partial charge in [-0.25, -0.2) is 0 Å². The van der Waals surface area contributed by atoms with Crippen LogP contribution in [0, 0.1) is 0 Å². The van der Waals surface area contributed by atoms with Gasteiger partial charge in [-0.2, -0.15) is 0 Å². The van der Waals surface area contributed by atoms with Gasteiger partial charge in [0, 0.05) is 27.7 Å². The number of aromatic nitrogens is 1. The van der Waals surface area contributed by atoms with Gasteiger partial charge in [0.15, 0.2) is 0 Å². The summed E-state index contributed by atoms with van der Waals surface area (Å²) in [6.45, 7) is 4.25. The van der Waals surface area contributed by atoms with Gasteiger partial charge in [0.2, 0.25) is 0 Å². The standard InChI is InChI=1S/C19H15ClN2/c1-19(2)16-8-7-14(20)10-15(16)18(22-19)13-9-12-5-3-4-6-17(12)21-11-13/h3-11H,1-2H3. The lowest BCUT2D eigenvalue weighted by atomic mass is 9.92. The van der Waals surface area contributed by atoms with Gasteiger partial charge in [0.25, 0.3) is 0 Å². The van der Waals surface area contributed by atoms with Crippen molar-refractivity contribution in [2.45, 2.75) is 19.4 Å². The summed E-state index contributed by atoms with van der Waals surface area (Å²) < 4.78 is 0. The van der Waals surface area contributed by atoms with E-state index in [4.69, 9.17) is 16.6 Å². The molecule has 0 spiro atoms. The van der Waals surface area contributed by atoms with Gasteiger partial charge < -0.3 is 0 Å². The molecule has 2 aromatic carbocycles. The van der Waals surface area contributed by atoms with E-state index < -0.39 is 0 Å². The SMILES string of the molecule is CC1(C)N=C(c2cnc3ccccc3c2)c2cc(Cl)ccc21. The fourth-order valence-electron chi connectivity index (χ4n) is 3.07. The molecular weight excluding hydrogens is 292 g/mol. The zero-order valence-electron chi connectivity index (χ0n) is 12.5. The summed E-state index contributed by atoms with van der Waals surface area (Å²) in [5.74, 6) is 0. The first-order valence-electron chi connectivity index (χ1n) is 7.30. The Morgan fingerprint density at radius 1 is 1.00 bits per heavy atom. The lowest BCUT2D eigenvalue weighted by Gasteiger charge is -2.15. The monoisotopic (exact) mass is 306 g/mol. The Morgan fingerprint density at radius 3 is 2.68 bits per heavy atom. The van der Waals surface area contributed by atoms with Crippen molar-refractivity contribution in [2.75, 3.05) is 0 Å². The third-order valence-corrected chi connectivity index (χ3v) is 4.39. The average molecular weight is 307 g/mol. The van der Waals surface area contributed by atoms with E-state index in [1.54, 1.807) is 0 Å². The minimum Gasteiger partial charge on any atom is -0.273 e. The Bertz CT molecular complexity index is 926. The number of pyridine rings is 1. The van der Waals surface area contributed by atoms with Crippen LogP contribution in [-0.4, -0.2) is 10.7 Å². The van der Waals surface area contributed by atoms with E-state index in [1.165, 1.54) is 5.56 Å². The quantitative estimate of drug-likeness (QED) is 0.623. The summed E-state index contributed by atoms with van der Waals surface area (Å²) in [5.41, 5.74) is 5.08. The average Bonchev–Trinajstić information content (AvgIpc) is 2.78. The van der Waals surface area contributed by atoms with E-state index in [0.717, 1.165) is 32.8 Å². The summed E-state index contributed by atoms with van der Waals surface area (Å²) in [7, 11) is 0. The van der Waals surface area contributed by atoms with Crippen molar-refractivity contribution in [3.8, 4) is 0 Å². The highest BCUT2D eigenvalue weighted by atomic mass is 35.5. The minimum atomic E-state index is -0.235. The molecule has 1 aromatic heterocycles. The molecule has 0 N–H and O–H groups in total. The maximum atomic E-state index is 6.19. The van der Waals surface area contributed by atoms with Crippen molar-refractivity contribution < 1.29 is 0 Å². The van der Waals surface area contributed by atoms with Crippen molar-refractivity contribution >= 4 is 28.2 Å². The van der Waals surface area contributed by atoms with E-state index in [1.807, 2.05) is 36.5 Å². The first kappa shape index (κ1) is 13.5. The van der Waals surface area contributed by atoms with Crippen LogP contribution in [0.25, 0.3) is 10.9 Å². The Hall–Kier alpha value is -2.19. The highest BCUT2D eigenvalue weighted by Crippen LogP contribution is 2.38. The number of para-hydroxylation sites is 1. The molecule has 0 saturated heterocycles. The summed E-state index contributed by atoms with van der Waals surface area (Å²) >= 11 is 6.19. The maximum absolute atomic E-state index is 6.19. The molecule has 22 heavy (non-hydrogen) atoms. The number of hydrogen-bond donors (Lipinski definition) is 0. The second-order valence-electron chi connectivity index (χ2n) is 6.13. The predicted molar refractivity (Wildman–Crippen MR) is 91.9 cm³/mol. The number of nitrogens with zero attached hydrogens (tertiary/aromatic N) is 2. The minimum absolute atomic E-state index is 0.235. The van der Waals surface area contributed by atoms with Gasteiger partial charge in [-0.15, -0.1) is 0 Å². The molecule has 3 aromatic rings. The van der Waals surface area contributed by atoms with E-state index in [9.17, 15) is 0 Å². The number of benzene rings is 2. The van der Waals surface area contributed by atoms with E-state index in [0.29, 0.717) is 0 Å². The fraction of sp³-hybridized carbons (Fsp3) is 0.158. The van der Waals surface area contributed by atoms with Crippen LogP contribution in [0.5, 0.6) is 0 Å². The summed E-state index contributed by atoms with van der Waals surface area (Å²) in [6, 6.07) is 16.3. The molecule has 0 fully saturated rings. The van der Waals surface area contributed by atoms with Crippen molar-refractivity contribution in [1.82, 2.24) is 4.98 Å². The highest BCUT2D eigenvalue weighted by molar-refractivity contribution is 6.31. The van der Waals surface area contributed by atoms with Crippen molar-refractivity contribution in [3.63, 3.8) is 0 Å². The number of hydrogen-bond acceptors (Lipinski definition) is 2. The van der Waals surface area contributed by atoms with E-state index in [2.05, 4.69) is 37.0 Å². The van der Waals surface area contributed by atoms with Crippen LogP contribution in [-0.2, 0) is 5.54 Å². The third kappa shape index (κ3) is 2.03. The molecule has 0 aliphatic carbocycles. The zero-order chi connectivity index (χ0) is 15.3. The van der Waals surface area contributed by atoms with Gasteiger partial charge in [0.1, 0.15) is 0 Å². The maximum Gasteiger partial charge on any atom is 0.0814 e. The first-order valence-corrected chi connectivity index (χ1v) is 7.68. The number of halogens is 1. The molecule has 2 nitrogen and oxygen atoms in total. The summed E-state index contributed by atoms with van der Waals surface area (Å²) in [4.78, 5) is 9.48. The van der Waals surface area contributed by atoms with Crippen molar-refractivity contribution in [2.24, 2.45) is 4.99 Å². The smallest absolute Gasteiger partial charge is 0.0814 e. The van der Waals surface area contributed by atoms with Crippen molar-refractivity contribution in [3.05, 3.63) is 76.4 Å². The van der Waals surface area contributed by atoms with E-state index in [-0.39, 0.29) is 5.54 Å². The van der Waals surface area contributed by atoms with Crippen LogP contribution in [0.15, 0.2) is 59.7 Å². The molecule has 1 aliphatic rings. The van der Waals surface area contributed by atoms with Crippen LogP contribution in [0.4, 0.5) is 0 Å². The molecule has 108 valence electrons. The molecule has 0 radical (unpaired) electrons. The summed E-state index contributed by atoms with van der Waals surface area (Å²) in [6.07, 6.45) is 1.90. The van der Waals surface area contributed by atoms with Gasteiger partial charge in [-0.3, -0.25) is 9.98 Å². The molecule has 0 atom stereocenters. The van der Waals surface area contributed by atoms with Crippen LogP contribution in [0.2, 0.25) is 5.02 Å². The van der Waals surface area contributed by atoms with E-state index >= 15 is 0 Å². The highest BCUT2D eigenvalue weighted by Gasteiger charge is 2.32. The molecule has 4 rings (SSSR count). The second-order valence-corrected chi connectivity index (χ2v) is 6.56.